The highest BCUT2D eigenvalue weighted by atomic mass is 35.5. The van der Waals surface area contributed by atoms with Gasteiger partial charge in [-0.2, -0.15) is 5.26 Å². The summed E-state index contributed by atoms with van der Waals surface area (Å²) in [4.78, 5) is 41.6. The molecule has 0 bridgehead atoms. The highest BCUT2D eigenvalue weighted by molar-refractivity contribution is 6.35. The standard InChI is InChI=1S/C35H36Cl4N2O4/c1-20-12-25(19-45-34(44)24(13-21(2)36)14-22(3)37)32-30(29(20)6-5-10-40)8-7-26-17-31(42)41(11-9-35(26,32)4)33(43)23-15-27(38)18-28(39)16-23/h12-18,25,29-30,32H,2,5-9,11,19H2,1,3-4H3. The SMILES string of the molecule is C=C(Cl)C=C(C=C(C)Cl)C(=O)OCC1C=C(C)C(CCC#N)C2CCC3=CC(=O)N(C(=O)c4cc(Cl)cc(Cl)c4)CCC3(C)C12. The van der Waals surface area contributed by atoms with Gasteiger partial charge in [-0.15, -0.1) is 0 Å². The molecule has 4 rings (SSSR count). The third-order valence-corrected chi connectivity index (χ3v) is 10.0. The van der Waals surface area contributed by atoms with Gasteiger partial charge in [0.05, 0.1) is 18.2 Å². The molecule has 0 radical (unpaired) electrons. The number of allylic oxidation sites excluding steroid dienone is 5. The minimum Gasteiger partial charge on any atom is -0.461 e. The second-order valence-corrected chi connectivity index (χ2v) is 14.2. The topological polar surface area (TPSA) is 87.5 Å². The van der Waals surface area contributed by atoms with Crippen LogP contribution in [0.3, 0.4) is 0 Å². The van der Waals surface area contributed by atoms with Gasteiger partial charge < -0.3 is 4.74 Å². The van der Waals surface area contributed by atoms with Gasteiger partial charge in [0.15, 0.2) is 0 Å². The first-order valence-electron chi connectivity index (χ1n) is 14.9. The van der Waals surface area contributed by atoms with Crippen LogP contribution in [0, 0.1) is 40.4 Å². The van der Waals surface area contributed by atoms with E-state index in [0.29, 0.717) is 34.3 Å². The number of imide groups is 1. The maximum atomic E-state index is 13.6. The van der Waals surface area contributed by atoms with E-state index < -0.39 is 17.3 Å². The summed E-state index contributed by atoms with van der Waals surface area (Å²) in [6, 6.07) is 6.84. The number of fused-ring (bicyclic) bond motifs is 3. The Hall–Kier alpha value is -2.82. The number of amides is 2. The van der Waals surface area contributed by atoms with Crippen molar-refractivity contribution in [3.8, 4) is 6.07 Å². The van der Waals surface area contributed by atoms with Crippen molar-refractivity contribution in [3.05, 3.63) is 91.5 Å². The van der Waals surface area contributed by atoms with Crippen molar-refractivity contribution in [2.75, 3.05) is 13.2 Å². The first kappa shape index (κ1) is 35.0. The number of nitriles is 1. The molecule has 3 aliphatic rings. The van der Waals surface area contributed by atoms with Gasteiger partial charge >= 0.3 is 5.97 Å². The van der Waals surface area contributed by atoms with Gasteiger partial charge in [-0.3, -0.25) is 14.5 Å². The van der Waals surface area contributed by atoms with Gasteiger partial charge in [0.1, 0.15) is 0 Å². The number of hydrogen-bond donors (Lipinski definition) is 0. The average molecular weight is 690 g/mol. The summed E-state index contributed by atoms with van der Waals surface area (Å²) in [5.74, 6) is -1.21. The zero-order valence-corrected chi connectivity index (χ0v) is 28.6. The van der Waals surface area contributed by atoms with Gasteiger partial charge in [0.2, 0.25) is 0 Å². The predicted molar refractivity (Wildman–Crippen MR) is 179 cm³/mol. The first-order valence-corrected chi connectivity index (χ1v) is 16.4. The normalized spacial score (nSPS) is 26.9. The molecule has 0 N–H and O–H groups in total. The van der Waals surface area contributed by atoms with Crippen LogP contribution in [0.4, 0.5) is 0 Å². The highest BCUT2D eigenvalue weighted by Gasteiger charge is 2.53. The summed E-state index contributed by atoms with van der Waals surface area (Å²) < 4.78 is 5.89. The quantitative estimate of drug-likeness (QED) is 0.0893. The molecule has 1 fully saturated rings. The van der Waals surface area contributed by atoms with E-state index in [0.717, 1.165) is 18.4 Å². The van der Waals surface area contributed by atoms with E-state index >= 15 is 0 Å². The van der Waals surface area contributed by atoms with E-state index in [2.05, 4.69) is 32.6 Å². The summed E-state index contributed by atoms with van der Waals surface area (Å²) in [6.07, 6.45) is 9.88. The first-order chi connectivity index (χ1) is 21.2. The number of carbonyl (C=O) groups excluding carboxylic acids is 3. The highest BCUT2D eigenvalue weighted by Crippen LogP contribution is 2.59. The van der Waals surface area contributed by atoms with Crippen LogP contribution in [0.15, 0.2) is 75.9 Å². The molecule has 0 spiro atoms. The van der Waals surface area contributed by atoms with E-state index in [1.807, 2.05) is 0 Å². The van der Waals surface area contributed by atoms with Crippen LogP contribution >= 0.6 is 46.4 Å². The maximum absolute atomic E-state index is 13.6. The molecule has 2 amide bonds. The molecule has 2 aliphatic carbocycles. The Balaban J connectivity index is 1.69. The molecule has 6 nitrogen and oxygen atoms in total. The van der Waals surface area contributed by atoms with Crippen molar-refractivity contribution in [2.24, 2.45) is 29.1 Å². The Kier molecular flexibility index (Phi) is 11.5. The lowest BCUT2D eigenvalue weighted by molar-refractivity contribution is -0.141. The fourth-order valence-corrected chi connectivity index (χ4v) is 8.27. The average Bonchev–Trinajstić information content (AvgIpc) is 3.08. The molecule has 0 saturated heterocycles. The van der Waals surface area contributed by atoms with Crippen molar-refractivity contribution in [2.45, 2.75) is 52.9 Å². The number of rotatable bonds is 8. The molecule has 1 aromatic carbocycles. The fourth-order valence-electron chi connectivity index (χ4n) is 7.51. The van der Waals surface area contributed by atoms with Crippen molar-refractivity contribution < 1.29 is 19.1 Å². The lowest BCUT2D eigenvalue weighted by Crippen LogP contribution is -2.49. The zero-order chi connectivity index (χ0) is 33.1. The van der Waals surface area contributed by atoms with Crippen molar-refractivity contribution in [1.82, 2.24) is 4.90 Å². The summed E-state index contributed by atoms with van der Waals surface area (Å²) in [7, 11) is 0. The molecule has 10 heteroatoms. The van der Waals surface area contributed by atoms with Crippen molar-refractivity contribution in [1.29, 1.82) is 5.26 Å². The Labute approximate surface area is 285 Å². The summed E-state index contributed by atoms with van der Waals surface area (Å²) >= 11 is 24.4. The molecule has 45 heavy (non-hydrogen) atoms. The zero-order valence-electron chi connectivity index (χ0n) is 25.5. The molecular weight excluding hydrogens is 654 g/mol. The number of esters is 1. The minimum atomic E-state index is -0.573. The number of benzene rings is 1. The minimum absolute atomic E-state index is 0.0121. The van der Waals surface area contributed by atoms with Gasteiger partial charge in [-0.05, 0) is 93.1 Å². The van der Waals surface area contributed by atoms with Crippen LogP contribution in [0.25, 0.3) is 0 Å². The molecular formula is C35H36Cl4N2O4. The maximum Gasteiger partial charge on any atom is 0.338 e. The Bertz CT molecular complexity index is 1540. The van der Waals surface area contributed by atoms with Crippen LogP contribution in [-0.2, 0) is 14.3 Å². The molecule has 5 unspecified atom stereocenters. The monoisotopic (exact) mass is 688 g/mol. The smallest absolute Gasteiger partial charge is 0.338 e. The van der Waals surface area contributed by atoms with Crippen molar-refractivity contribution >= 4 is 64.2 Å². The molecule has 1 saturated carbocycles. The van der Waals surface area contributed by atoms with Crippen LogP contribution in [0.2, 0.25) is 10.0 Å². The van der Waals surface area contributed by atoms with Gasteiger partial charge in [-0.25, -0.2) is 4.79 Å². The molecule has 0 aromatic heterocycles. The van der Waals surface area contributed by atoms with Gasteiger partial charge in [-0.1, -0.05) is 77.1 Å². The Morgan fingerprint density at radius 2 is 1.89 bits per heavy atom. The van der Waals surface area contributed by atoms with E-state index in [1.54, 1.807) is 13.0 Å². The molecule has 238 valence electrons. The van der Waals surface area contributed by atoms with E-state index in [1.165, 1.54) is 40.8 Å². The van der Waals surface area contributed by atoms with E-state index in [-0.39, 0.29) is 58.9 Å². The molecule has 1 aromatic rings. The van der Waals surface area contributed by atoms with Crippen molar-refractivity contribution in [3.63, 3.8) is 0 Å². The largest absolute Gasteiger partial charge is 0.461 e. The number of nitrogens with zero attached hydrogens (tertiary/aromatic N) is 2. The Morgan fingerprint density at radius 1 is 1.20 bits per heavy atom. The third-order valence-electron chi connectivity index (χ3n) is 9.37. The Morgan fingerprint density at radius 3 is 2.51 bits per heavy atom. The van der Waals surface area contributed by atoms with Crippen LogP contribution in [0.1, 0.15) is 63.2 Å². The molecule has 1 aliphatic heterocycles. The second-order valence-electron chi connectivity index (χ2n) is 12.3. The summed E-state index contributed by atoms with van der Waals surface area (Å²) in [6.45, 7) is 9.83. The molecule has 1 heterocycles. The predicted octanol–water partition coefficient (Wildman–Crippen LogP) is 9.19. The lowest BCUT2D eigenvalue weighted by Gasteiger charge is -2.55. The van der Waals surface area contributed by atoms with E-state index in [9.17, 15) is 19.6 Å². The number of carbonyl (C=O) groups is 3. The third kappa shape index (κ3) is 7.95. The fraction of sp³-hybridized carbons (Fsp3) is 0.429. The van der Waals surface area contributed by atoms with E-state index in [4.69, 9.17) is 51.1 Å². The summed E-state index contributed by atoms with van der Waals surface area (Å²) in [5, 5.41) is 10.6. The molecule has 5 atom stereocenters. The lowest BCUT2D eigenvalue weighted by atomic mass is 9.50. The van der Waals surface area contributed by atoms with Gasteiger partial charge in [0, 0.05) is 50.6 Å². The summed E-state index contributed by atoms with van der Waals surface area (Å²) in [5.41, 5.74) is 2.11. The van der Waals surface area contributed by atoms with Crippen LogP contribution < -0.4 is 0 Å². The number of ether oxygens (including phenoxy) is 1. The van der Waals surface area contributed by atoms with Gasteiger partial charge in [0.25, 0.3) is 11.8 Å². The number of halogens is 4. The van der Waals surface area contributed by atoms with Crippen LogP contribution in [-0.4, -0.2) is 35.8 Å². The second kappa shape index (κ2) is 14.7. The van der Waals surface area contributed by atoms with Crippen LogP contribution in [0.5, 0.6) is 0 Å². The number of hydrogen-bond acceptors (Lipinski definition) is 5.